The topological polar surface area (TPSA) is 50.1 Å². The van der Waals surface area contributed by atoms with E-state index in [0.717, 1.165) is 26.2 Å². The highest BCUT2D eigenvalue weighted by Gasteiger charge is 1.95. The van der Waals surface area contributed by atoms with Crippen LogP contribution >= 0.6 is 37.2 Å². The molecular weight excluding hydrogens is 329 g/mol. The first-order valence-electron chi connectivity index (χ1n) is 7.06. The van der Waals surface area contributed by atoms with Gasteiger partial charge in [0.25, 0.3) is 0 Å². The van der Waals surface area contributed by atoms with E-state index in [1.54, 1.807) is 0 Å². The van der Waals surface area contributed by atoms with Gasteiger partial charge in [-0.25, -0.2) is 0 Å². The lowest BCUT2D eigenvalue weighted by Gasteiger charge is -2.07. The fourth-order valence-corrected chi connectivity index (χ4v) is 1.84. The second-order valence-electron chi connectivity index (χ2n) is 4.64. The number of aryl methyl sites for hydroxylation is 1. The van der Waals surface area contributed by atoms with Crippen LogP contribution < -0.4 is 16.4 Å². The Morgan fingerprint density at radius 1 is 0.857 bits per heavy atom. The zero-order valence-corrected chi connectivity index (χ0v) is 15.2. The average Bonchev–Trinajstić information content (AvgIpc) is 2.42. The lowest BCUT2D eigenvalue weighted by molar-refractivity contribution is 0.614. The van der Waals surface area contributed by atoms with Crippen molar-refractivity contribution in [2.75, 3.05) is 26.2 Å². The Kier molecular flexibility index (Phi) is 22.2. The number of hydrogen-bond donors (Lipinski definition) is 3. The predicted octanol–water partition coefficient (Wildman–Crippen LogP) is 2.93. The maximum atomic E-state index is 5.40. The molecule has 0 heterocycles. The quantitative estimate of drug-likeness (QED) is 0.564. The minimum absolute atomic E-state index is 0. The van der Waals surface area contributed by atoms with Crippen LogP contribution in [0.1, 0.15) is 30.9 Å². The number of nitrogens with two attached hydrogens (primary N) is 1. The zero-order chi connectivity index (χ0) is 13.1. The molecule has 1 aromatic carbocycles. The van der Waals surface area contributed by atoms with Gasteiger partial charge in [0.2, 0.25) is 0 Å². The minimum atomic E-state index is 0. The maximum Gasteiger partial charge on any atom is 0.0206 e. The van der Waals surface area contributed by atoms with Crippen LogP contribution in [-0.4, -0.2) is 26.2 Å². The highest BCUT2D eigenvalue weighted by Crippen LogP contribution is 2.07. The molecule has 1 rings (SSSR count). The standard InChI is InChI=1S/C15H27N3.3ClH/c1-2-3-4-14-5-7-15(8-6-14)13-18-12-11-17-10-9-16;;;/h5-8,17-18H,2-4,9-13,16H2,1H3;3*1H. The third-order valence-corrected chi connectivity index (χ3v) is 2.97. The molecule has 126 valence electrons. The third-order valence-electron chi connectivity index (χ3n) is 2.97. The Morgan fingerprint density at radius 3 is 2.00 bits per heavy atom. The number of rotatable bonds is 10. The van der Waals surface area contributed by atoms with Crippen molar-refractivity contribution in [3.05, 3.63) is 35.4 Å². The van der Waals surface area contributed by atoms with Gasteiger partial charge in [-0.2, -0.15) is 0 Å². The molecule has 0 aliphatic carbocycles. The molecule has 0 spiro atoms. The average molecular weight is 359 g/mol. The number of hydrogen-bond acceptors (Lipinski definition) is 3. The first-order valence-corrected chi connectivity index (χ1v) is 7.06. The Balaban J connectivity index is -0.00000108. The van der Waals surface area contributed by atoms with E-state index in [-0.39, 0.29) is 37.2 Å². The molecule has 0 aromatic heterocycles. The normalized spacial score (nSPS) is 9.24. The summed E-state index contributed by atoms with van der Waals surface area (Å²) in [5, 5.41) is 6.69. The molecule has 0 bridgehead atoms. The number of nitrogens with one attached hydrogen (secondary N) is 2. The van der Waals surface area contributed by atoms with E-state index in [4.69, 9.17) is 5.73 Å². The largest absolute Gasteiger partial charge is 0.329 e. The second kappa shape index (κ2) is 18.0. The number of halogens is 3. The van der Waals surface area contributed by atoms with Crippen LogP contribution in [0.5, 0.6) is 0 Å². The van der Waals surface area contributed by atoms with Gasteiger partial charge in [-0.15, -0.1) is 37.2 Å². The van der Waals surface area contributed by atoms with E-state index in [1.165, 1.54) is 30.4 Å². The second-order valence-corrected chi connectivity index (χ2v) is 4.64. The summed E-state index contributed by atoms with van der Waals surface area (Å²) in [7, 11) is 0. The van der Waals surface area contributed by atoms with E-state index >= 15 is 0 Å². The monoisotopic (exact) mass is 357 g/mol. The van der Waals surface area contributed by atoms with E-state index in [0.29, 0.717) is 6.54 Å². The van der Waals surface area contributed by atoms with Gasteiger partial charge in [-0.3, -0.25) is 0 Å². The van der Waals surface area contributed by atoms with Crippen LogP contribution in [0.4, 0.5) is 0 Å². The summed E-state index contributed by atoms with van der Waals surface area (Å²) in [6, 6.07) is 8.95. The fraction of sp³-hybridized carbons (Fsp3) is 0.600. The van der Waals surface area contributed by atoms with Crippen molar-refractivity contribution in [3.8, 4) is 0 Å². The van der Waals surface area contributed by atoms with Crippen LogP contribution in [0, 0.1) is 0 Å². The molecule has 3 nitrogen and oxygen atoms in total. The van der Waals surface area contributed by atoms with Crippen molar-refractivity contribution >= 4 is 37.2 Å². The van der Waals surface area contributed by atoms with Gasteiger partial charge in [-0.05, 0) is 24.0 Å². The van der Waals surface area contributed by atoms with Crippen molar-refractivity contribution in [2.45, 2.75) is 32.7 Å². The van der Waals surface area contributed by atoms with Crippen molar-refractivity contribution in [1.29, 1.82) is 0 Å². The summed E-state index contributed by atoms with van der Waals surface area (Å²) in [4.78, 5) is 0. The highest BCUT2D eigenvalue weighted by molar-refractivity contribution is 5.86. The van der Waals surface area contributed by atoms with E-state index in [1.807, 2.05) is 0 Å². The molecule has 0 saturated heterocycles. The van der Waals surface area contributed by atoms with E-state index in [9.17, 15) is 0 Å². The van der Waals surface area contributed by atoms with Gasteiger partial charge in [-0.1, -0.05) is 37.6 Å². The Labute approximate surface area is 148 Å². The van der Waals surface area contributed by atoms with Crippen molar-refractivity contribution in [3.63, 3.8) is 0 Å². The summed E-state index contributed by atoms with van der Waals surface area (Å²) in [5.74, 6) is 0. The highest BCUT2D eigenvalue weighted by atomic mass is 35.5. The summed E-state index contributed by atoms with van der Waals surface area (Å²) < 4.78 is 0. The molecule has 0 amide bonds. The van der Waals surface area contributed by atoms with Crippen LogP contribution in [0.25, 0.3) is 0 Å². The van der Waals surface area contributed by atoms with Gasteiger partial charge in [0.15, 0.2) is 0 Å². The first kappa shape index (κ1) is 25.9. The molecule has 1 aromatic rings. The molecule has 4 N–H and O–H groups in total. The lowest BCUT2D eigenvalue weighted by Crippen LogP contribution is -2.30. The van der Waals surface area contributed by atoms with Gasteiger partial charge < -0.3 is 16.4 Å². The SMILES string of the molecule is CCCCc1ccc(CNCCNCCN)cc1.Cl.Cl.Cl. The predicted molar refractivity (Wildman–Crippen MR) is 100 cm³/mol. The van der Waals surface area contributed by atoms with Crippen molar-refractivity contribution in [1.82, 2.24) is 10.6 Å². The van der Waals surface area contributed by atoms with Crippen LogP contribution in [0.3, 0.4) is 0 Å². The molecule has 6 heteroatoms. The van der Waals surface area contributed by atoms with Gasteiger partial charge >= 0.3 is 0 Å². The number of benzene rings is 1. The molecular formula is C15H30Cl3N3. The molecule has 21 heavy (non-hydrogen) atoms. The molecule has 0 aliphatic heterocycles. The molecule has 0 atom stereocenters. The van der Waals surface area contributed by atoms with Gasteiger partial charge in [0, 0.05) is 32.7 Å². The minimum Gasteiger partial charge on any atom is -0.329 e. The Bertz CT molecular complexity index is 308. The third kappa shape index (κ3) is 13.4. The van der Waals surface area contributed by atoms with Gasteiger partial charge in [0.1, 0.15) is 0 Å². The van der Waals surface area contributed by atoms with Gasteiger partial charge in [0.05, 0.1) is 0 Å². The molecule has 0 saturated carbocycles. The molecule has 0 radical (unpaired) electrons. The number of unbranched alkanes of at least 4 members (excludes halogenated alkanes) is 1. The van der Waals surface area contributed by atoms with Crippen LogP contribution in [-0.2, 0) is 13.0 Å². The molecule has 0 aliphatic rings. The fourth-order valence-electron chi connectivity index (χ4n) is 1.84. The summed E-state index contributed by atoms with van der Waals surface area (Å²) >= 11 is 0. The zero-order valence-electron chi connectivity index (χ0n) is 12.8. The first-order chi connectivity index (χ1) is 8.86. The van der Waals surface area contributed by atoms with Crippen molar-refractivity contribution in [2.24, 2.45) is 5.73 Å². The lowest BCUT2D eigenvalue weighted by atomic mass is 10.1. The maximum absolute atomic E-state index is 5.40. The van der Waals surface area contributed by atoms with Crippen molar-refractivity contribution < 1.29 is 0 Å². The summed E-state index contributed by atoms with van der Waals surface area (Å²) in [6.07, 6.45) is 3.75. The van der Waals surface area contributed by atoms with Crippen LogP contribution in [0.15, 0.2) is 24.3 Å². The summed E-state index contributed by atoms with van der Waals surface area (Å²) in [5.41, 5.74) is 8.21. The Morgan fingerprint density at radius 2 is 1.43 bits per heavy atom. The Hall–Kier alpha value is -0.0300. The summed E-state index contributed by atoms with van der Waals surface area (Å²) in [6.45, 7) is 6.74. The van der Waals surface area contributed by atoms with E-state index in [2.05, 4.69) is 41.8 Å². The molecule has 0 unspecified atom stereocenters. The van der Waals surface area contributed by atoms with E-state index < -0.39 is 0 Å². The smallest absolute Gasteiger partial charge is 0.0206 e. The molecule has 0 fully saturated rings. The van der Waals surface area contributed by atoms with Crippen LogP contribution in [0.2, 0.25) is 0 Å².